The zero-order valence-corrected chi connectivity index (χ0v) is 10.0. The van der Waals surface area contributed by atoms with Crippen LogP contribution in [0.3, 0.4) is 0 Å². The van der Waals surface area contributed by atoms with Crippen LogP contribution in [0.4, 0.5) is 0 Å². The molecule has 3 heteroatoms. The smallest absolute Gasteiger partial charge is 0.0805 e. The van der Waals surface area contributed by atoms with E-state index in [0.29, 0.717) is 10.9 Å². The number of halogens is 1. The molecule has 1 aromatic heterocycles. The van der Waals surface area contributed by atoms with Gasteiger partial charge in [-0.3, -0.25) is 4.98 Å². The van der Waals surface area contributed by atoms with E-state index in [2.05, 4.69) is 18.8 Å². The van der Waals surface area contributed by atoms with Crippen molar-refractivity contribution in [3.8, 4) is 0 Å². The molecule has 1 heterocycles. The summed E-state index contributed by atoms with van der Waals surface area (Å²) in [5.74, 6) is 0.685. The predicted molar refractivity (Wildman–Crippen MR) is 62.9 cm³/mol. The van der Waals surface area contributed by atoms with E-state index in [1.54, 1.807) is 18.5 Å². The number of hydrogen-bond acceptors (Lipinski definition) is 2. The predicted octanol–water partition coefficient (Wildman–Crippen LogP) is 3.59. The number of pyridine rings is 1. The lowest BCUT2D eigenvalue weighted by molar-refractivity contribution is 0.162. The van der Waals surface area contributed by atoms with Crippen molar-refractivity contribution in [2.45, 2.75) is 39.2 Å². The first-order chi connectivity index (χ1) is 7.11. The first-order valence-corrected chi connectivity index (χ1v) is 5.76. The average Bonchev–Trinajstić information content (AvgIpc) is 2.17. The van der Waals surface area contributed by atoms with E-state index in [1.807, 2.05) is 0 Å². The third-order valence-electron chi connectivity index (χ3n) is 2.42. The molecule has 0 radical (unpaired) electrons. The monoisotopic (exact) mass is 227 g/mol. The van der Waals surface area contributed by atoms with Gasteiger partial charge in [-0.05, 0) is 18.4 Å². The molecule has 0 aliphatic carbocycles. The molecular formula is C12H18ClNO. The van der Waals surface area contributed by atoms with Crippen LogP contribution in [0.15, 0.2) is 18.5 Å². The maximum absolute atomic E-state index is 9.90. The Kier molecular flexibility index (Phi) is 5.06. The molecule has 2 nitrogen and oxygen atoms in total. The molecule has 0 aliphatic heterocycles. The second-order valence-electron chi connectivity index (χ2n) is 4.24. The Morgan fingerprint density at radius 1 is 1.40 bits per heavy atom. The first-order valence-electron chi connectivity index (χ1n) is 5.38. The van der Waals surface area contributed by atoms with Gasteiger partial charge in [0.25, 0.3) is 0 Å². The van der Waals surface area contributed by atoms with E-state index in [1.165, 1.54) is 0 Å². The summed E-state index contributed by atoms with van der Waals surface area (Å²) in [6.07, 6.45) is 5.70. The minimum Gasteiger partial charge on any atom is -0.388 e. The molecule has 0 spiro atoms. The Hall–Kier alpha value is -0.600. The van der Waals surface area contributed by atoms with Crippen molar-refractivity contribution in [1.29, 1.82) is 0 Å². The zero-order valence-electron chi connectivity index (χ0n) is 9.28. The van der Waals surface area contributed by atoms with Crippen LogP contribution in [0.25, 0.3) is 0 Å². The molecule has 84 valence electrons. The molecule has 15 heavy (non-hydrogen) atoms. The maximum atomic E-state index is 9.90. The van der Waals surface area contributed by atoms with Crippen molar-refractivity contribution in [1.82, 2.24) is 4.98 Å². The van der Waals surface area contributed by atoms with Gasteiger partial charge in [-0.1, -0.05) is 38.3 Å². The lowest BCUT2D eigenvalue weighted by Crippen LogP contribution is -1.99. The maximum Gasteiger partial charge on any atom is 0.0805 e. The van der Waals surface area contributed by atoms with Crippen LogP contribution in [-0.4, -0.2) is 10.1 Å². The topological polar surface area (TPSA) is 33.1 Å². The van der Waals surface area contributed by atoms with Crippen LogP contribution in [0.2, 0.25) is 5.02 Å². The van der Waals surface area contributed by atoms with Crippen LogP contribution >= 0.6 is 11.6 Å². The number of aromatic nitrogens is 1. The Morgan fingerprint density at radius 3 is 2.73 bits per heavy atom. The normalized spacial score (nSPS) is 13.1. The summed E-state index contributed by atoms with van der Waals surface area (Å²) >= 11 is 5.94. The highest BCUT2D eigenvalue weighted by Gasteiger charge is 2.10. The Bertz CT molecular complexity index is 301. The van der Waals surface area contributed by atoms with Crippen LogP contribution < -0.4 is 0 Å². The van der Waals surface area contributed by atoms with Crippen molar-refractivity contribution in [3.05, 3.63) is 29.0 Å². The van der Waals surface area contributed by atoms with E-state index in [4.69, 9.17) is 11.6 Å². The Labute approximate surface area is 96.3 Å². The van der Waals surface area contributed by atoms with Gasteiger partial charge in [0.2, 0.25) is 0 Å². The summed E-state index contributed by atoms with van der Waals surface area (Å²) < 4.78 is 0. The molecule has 0 fully saturated rings. The summed E-state index contributed by atoms with van der Waals surface area (Å²) in [4.78, 5) is 3.89. The minimum absolute atomic E-state index is 0.459. The van der Waals surface area contributed by atoms with Crippen LogP contribution in [0.1, 0.15) is 44.8 Å². The van der Waals surface area contributed by atoms with Gasteiger partial charge < -0.3 is 5.11 Å². The molecule has 0 bridgehead atoms. The van der Waals surface area contributed by atoms with E-state index < -0.39 is 6.10 Å². The van der Waals surface area contributed by atoms with Crippen LogP contribution in [-0.2, 0) is 0 Å². The second kappa shape index (κ2) is 6.09. The van der Waals surface area contributed by atoms with Gasteiger partial charge in [-0.2, -0.15) is 0 Å². The molecule has 0 saturated heterocycles. The summed E-state index contributed by atoms with van der Waals surface area (Å²) in [5.41, 5.74) is 0.787. The molecule has 1 aromatic rings. The van der Waals surface area contributed by atoms with Crippen molar-refractivity contribution in [3.63, 3.8) is 0 Å². The summed E-state index contributed by atoms with van der Waals surface area (Å²) in [6, 6.07) is 1.78. The van der Waals surface area contributed by atoms with E-state index in [-0.39, 0.29) is 0 Å². The standard InChI is InChI=1S/C12H18ClNO/c1-9(2)4-3-5-12(15)10-6-7-14-8-11(10)13/h6-9,12,15H,3-5H2,1-2H3. The fraction of sp³-hybridized carbons (Fsp3) is 0.583. The van der Waals surface area contributed by atoms with Gasteiger partial charge >= 0.3 is 0 Å². The number of nitrogens with zero attached hydrogens (tertiary/aromatic N) is 1. The van der Waals surface area contributed by atoms with Crippen molar-refractivity contribution in [2.75, 3.05) is 0 Å². The fourth-order valence-corrected chi connectivity index (χ4v) is 1.78. The van der Waals surface area contributed by atoms with E-state index in [0.717, 1.165) is 24.8 Å². The lowest BCUT2D eigenvalue weighted by atomic mass is 10.0. The van der Waals surface area contributed by atoms with Crippen molar-refractivity contribution >= 4 is 11.6 Å². The first kappa shape index (κ1) is 12.5. The SMILES string of the molecule is CC(C)CCCC(O)c1ccncc1Cl. The molecule has 1 N–H and O–H groups in total. The summed E-state index contributed by atoms with van der Waals surface area (Å²) in [6.45, 7) is 4.37. The van der Waals surface area contributed by atoms with Gasteiger partial charge in [0.1, 0.15) is 0 Å². The van der Waals surface area contributed by atoms with E-state index in [9.17, 15) is 5.11 Å². The number of aliphatic hydroxyl groups excluding tert-OH is 1. The number of hydrogen-bond donors (Lipinski definition) is 1. The van der Waals surface area contributed by atoms with Crippen molar-refractivity contribution in [2.24, 2.45) is 5.92 Å². The molecule has 0 aliphatic rings. The lowest BCUT2D eigenvalue weighted by Gasteiger charge is -2.12. The molecule has 0 amide bonds. The number of aliphatic hydroxyl groups is 1. The van der Waals surface area contributed by atoms with Gasteiger partial charge in [-0.15, -0.1) is 0 Å². The van der Waals surface area contributed by atoms with Crippen LogP contribution in [0.5, 0.6) is 0 Å². The molecule has 1 rings (SSSR count). The van der Waals surface area contributed by atoms with Crippen molar-refractivity contribution < 1.29 is 5.11 Å². The summed E-state index contributed by atoms with van der Waals surface area (Å²) in [5, 5.41) is 10.5. The molecule has 0 saturated carbocycles. The largest absolute Gasteiger partial charge is 0.388 e. The highest BCUT2D eigenvalue weighted by Crippen LogP contribution is 2.25. The van der Waals surface area contributed by atoms with E-state index >= 15 is 0 Å². The Balaban J connectivity index is 2.47. The molecule has 1 unspecified atom stereocenters. The summed E-state index contributed by atoms with van der Waals surface area (Å²) in [7, 11) is 0. The Morgan fingerprint density at radius 2 is 2.13 bits per heavy atom. The highest BCUT2D eigenvalue weighted by atomic mass is 35.5. The molecular weight excluding hydrogens is 210 g/mol. The highest BCUT2D eigenvalue weighted by molar-refractivity contribution is 6.31. The van der Waals surface area contributed by atoms with Crippen LogP contribution in [0, 0.1) is 5.92 Å². The fourth-order valence-electron chi connectivity index (χ4n) is 1.53. The van der Waals surface area contributed by atoms with Gasteiger partial charge in [0.15, 0.2) is 0 Å². The minimum atomic E-state index is -0.459. The van der Waals surface area contributed by atoms with Gasteiger partial charge in [-0.25, -0.2) is 0 Å². The zero-order chi connectivity index (χ0) is 11.3. The number of rotatable bonds is 5. The van der Waals surface area contributed by atoms with Gasteiger partial charge in [0, 0.05) is 18.0 Å². The van der Waals surface area contributed by atoms with Gasteiger partial charge in [0.05, 0.1) is 11.1 Å². The third-order valence-corrected chi connectivity index (χ3v) is 2.74. The third kappa shape index (κ3) is 4.18. The average molecular weight is 228 g/mol. The second-order valence-corrected chi connectivity index (χ2v) is 4.64. The quantitative estimate of drug-likeness (QED) is 0.834. The molecule has 0 aromatic carbocycles. The molecule has 1 atom stereocenters.